The maximum Gasteiger partial charge on any atom is 0.338 e. The van der Waals surface area contributed by atoms with E-state index in [1.54, 1.807) is 12.1 Å². The number of benzene rings is 2. The molecule has 5 heteroatoms. The first-order valence-electron chi connectivity index (χ1n) is 8.64. The number of imide groups is 1. The van der Waals surface area contributed by atoms with Gasteiger partial charge in [0.2, 0.25) is 0 Å². The fraction of sp³-hybridized carbons (Fsp3) is 0.286. The second kappa shape index (κ2) is 6.75. The average Bonchev–Trinajstić information content (AvgIpc) is 2.91. The number of carbonyl (C=O) groups excluding carboxylic acids is 3. The molecule has 134 valence electrons. The van der Waals surface area contributed by atoms with Gasteiger partial charge in [-0.3, -0.25) is 9.59 Å². The highest BCUT2D eigenvalue weighted by Gasteiger charge is 2.41. The van der Waals surface area contributed by atoms with Gasteiger partial charge in [-0.2, -0.15) is 0 Å². The molecule has 26 heavy (non-hydrogen) atoms. The Morgan fingerprint density at radius 1 is 1.08 bits per heavy atom. The van der Waals surface area contributed by atoms with Crippen LogP contribution < -0.4 is 4.90 Å². The van der Waals surface area contributed by atoms with E-state index in [4.69, 9.17) is 4.74 Å². The molecule has 0 bridgehead atoms. The minimum Gasteiger partial charge on any atom is -0.465 e. The van der Waals surface area contributed by atoms with Gasteiger partial charge in [0.25, 0.3) is 11.8 Å². The molecular formula is C21H21NO4. The van der Waals surface area contributed by atoms with Crippen molar-refractivity contribution >= 4 is 23.5 Å². The maximum atomic E-state index is 13.2. The fourth-order valence-electron chi connectivity index (χ4n) is 3.40. The van der Waals surface area contributed by atoms with Crippen molar-refractivity contribution in [2.45, 2.75) is 33.1 Å². The molecule has 0 atom stereocenters. The molecule has 1 heterocycles. The van der Waals surface area contributed by atoms with E-state index in [0.29, 0.717) is 12.1 Å². The number of esters is 1. The van der Waals surface area contributed by atoms with Crippen LogP contribution in [0.3, 0.4) is 0 Å². The lowest BCUT2D eigenvalue weighted by atomic mass is 9.95. The number of para-hydroxylation sites is 1. The van der Waals surface area contributed by atoms with Crippen LogP contribution in [0.1, 0.15) is 68.9 Å². The van der Waals surface area contributed by atoms with Crippen LogP contribution in [0, 0.1) is 0 Å². The SMILES string of the molecule is CCc1cccc(C(C)C)c1N1C(=O)c2cccc(C(=O)OC)c2C1=O. The Labute approximate surface area is 152 Å². The zero-order valence-corrected chi connectivity index (χ0v) is 15.3. The molecule has 2 amide bonds. The van der Waals surface area contributed by atoms with Gasteiger partial charge in [0.1, 0.15) is 0 Å². The summed E-state index contributed by atoms with van der Waals surface area (Å²) in [7, 11) is 1.25. The van der Waals surface area contributed by atoms with Crippen LogP contribution in [0.25, 0.3) is 0 Å². The van der Waals surface area contributed by atoms with Crippen molar-refractivity contribution in [2.75, 3.05) is 12.0 Å². The predicted molar refractivity (Wildman–Crippen MR) is 98.8 cm³/mol. The highest BCUT2D eigenvalue weighted by atomic mass is 16.5. The zero-order valence-electron chi connectivity index (χ0n) is 15.3. The summed E-state index contributed by atoms with van der Waals surface area (Å²) in [6.07, 6.45) is 0.688. The van der Waals surface area contributed by atoms with E-state index < -0.39 is 17.8 Å². The van der Waals surface area contributed by atoms with Crippen LogP contribution in [0.4, 0.5) is 5.69 Å². The molecule has 2 aromatic rings. The van der Waals surface area contributed by atoms with Gasteiger partial charge in [-0.15, -0.1) is 0 Å². The topological polar surface area (TPSA) is 63.7 Å². The third-order valence-electron chi connectivity index (χ3n) is 4.70. The van der Waals surface area contributed by atoms with Crippen molar-refractivity contribution < 1.29 is 19.1 Å². The summed E-state index contributed by atoms with van der Waals surface area (Å²) in [4.78, 5) is 39.5. The first-order chi connectivity index (χ1) is 12.4. The number of hydrogen-bond donors (Lipinski definition) is 0. The summed E-state index contributed by atoms with van der Waals surface area (Å²) in [6, 6.07) is 10.5. The number of aryl methyl sites for hydroxylation is 1. The van der Waals surface area contributed by atoms with E-state index in [-0.39, 0.29) is 22.6 Å². The quantitative estimate of drug-likeness (QED) is 0.618. The first-order valence-corrected chi connectivity index (χ1v) is 8.64. The van der Waals surface area contributed by atoms with Crippen LogP contribution in [0.15, 0.2) is 36.4 Å². The van der Waals surface area contributed by atoms with Crippen LogP contribution in [-0.2, 0) is 11.2 Å². The molecule has 0 unspecified atom stereocenters. The number of rotatable bonds is 4. The highest BCUT2D eigenvalue weighted by molar-refractivity contribution is 6.36. The summed E-state index contributed by atoms with van der Waals surface area (Å²) in [5.41, 5.74) is 2.95. The molecule has 0 saturated heterocycles. The summed E-state index contributed by atoms with van der Waals surface area (Å²) in [6.45, 7) is 6.04. The van der Waals surface area contributed by atoms with E-state index in [2.05, 4.69) is 0 Å². The van der Waals surface area contributed by atoms with Gasteiger partial charge in [0.05, 0.1) is 29.5 Å². The lowest BCUT2D eigenvalue weighted by molar-refractivity contribution is 0.0597. The number of anilines is 1. The highest BCUT2D eigenvalue weighted by Crippen LogP contribution is 2.37. The number of ether oxygens (including phenoxy) is 1. The van der Waals surface area contributed by atoms with Gasteiger partial charge >= 0.3 is 5.97 Å². The molecule has 0 fully saturated rings. The number of carbonyl (C=O) groups is 3. The van der Waals surface area contributed by atoms with Crippen LogP contribution in [-0.4, -0.2) is 24.9 Å². The molecular weight excluding hydrogens is 330 g/mol. The second-order valence-electron chi connectivity index (χ2n) is 6.53. The molecule has 0 spiro atoms. The normalized spacial score (nSPS) is 13.3. The van der Waals surface area contributed by atoms with E-state index in [1.165, 1.54) is 18.1 Å². The van der Waals surface area contributed by atoms with Crippen molar-refractivity contribution in [3.8, 4) is 0 Å². The maximum absolute atomic E-state index is 13.2. The molecule has 5 nitrogen and oxygen atoms in total. The van der Waals surface area contributed by atoms with Crippen LogP contribution >= 0.6 is 0 Å². The van der Waals surface area contributed by atoms with Crippen molar-refractivity contribution in [3.63, 3.8) is 0 Å². The Bertz CT molecular complexity index is 914. The summed E-state index contributed by atoms with van der Waals surface area (Å²) in [5.74, 6) is -1.37. The number of nitrogens with zero attached hydrogens (tertiary/aromatic N) is 1. The standard InChI is InChI=1S/C21H21NO4/c1-5-13-8-6-9-14(12(2)3)18(13)22-19(23)15-10-7-11-16(21(25)26-4)17(15)20(22)24/h6-12H,5H2,1-4H3. The average molecular weight is 351 g/mol. The Morgan fingerprint density at radius 3 is 2.38 bits per heavy atom. The number of hydrogen-bond acceptors (Lipinski definition) is 4. The monoisotopic (exact) mass is 351 g/mol. The molecule has 0 aromatic heterocycles. The molecule has 0 radical (unpaired) electrons. The molecule has 2 aromatic carbocycles. The van der Waals surface area contributed by atoms with Gasteiger partial charge in [0, 0.05) is 0 Å². The summed E-state index contributed by atoms with van der Waals surface area (Å²) < 4.78 is 4.77. The van der Waals surface area contributed by atoms with Gasteiger partial charge in [-0.1, -0.05) is 45.0 Å². The van der Waals surface area contributed by atoms with Crippen molar-refractivity contribution in [2.24, 2.45) is 0 Å². The fourth-order valence-corrected chi connectivity index (χ4v) is 3.40. The molecule has 3 rings (SSSR count). The molecule has 0 aliphatic carbocycles. The number of fused-ring (bicyclic) bond motifs is 1. The Hall–Kier alpha value is -2.95. The minimum absolute atomic E-state index is 0.116. The van der Waals surface area contributed by atoms with Crippen molar-refractivity contribution in [1.29, 1.82) is 0 Å². The van der Waals surface area contributed by atoms with E-state index in [0.717, 1.165) is 11.1 Å². The van der Waals surface area contributed by atoms with Gasteiger partial charge in [-0.05, 0) is 35.6 Å². The smallest absolute Gasteiger partial charge is 0.338 e. The Balaban J connectivity index is 2.23. The molecule has 0 saturated carbocycles. The summed E-state index contributed by atoms with van der Waals surface area (Å²) >= 11 is 0. The third kappa shape index (κ3) is 2.60. The Kier molecular flexibility index (Phi) is 4.64. The van der Waals surface area contributed by atoms with E-state index in [9.17, 15) is 14.4 Å². The molecule has 0 N–H and O–H groups in total. The van der Waals surface area contributed by atoms with Crippen LogP contribution in [0.5, 0.6) is 0 Å². The molecule has 1 aliphatic rings. The predicted octanol–water partition coefficient (Wildman–Crippen LogP) is 3.96. The first kappa shape index (κ1) is 17.9. The van der Waals surface area contributed by atoms with E-state index in [1.807, 2.05) is 39.0 Å². The number of amides is 2. The second-order valence-corrected chi connectivity index (χ2v) is 6.53. The van der Waals surface area contributed by atoms with Crippen LogP contribution in [0.2, 0.25) is 0 Å². The molecule has 1 aliphatic heterocycles. The summed E-state index contributed by atoms with van der Waals surface area (Å²) in [5, 5.41) is 0. The van der Waals surface area contributed by atoms with E-state index >= 15 is 0 Å². The number of methoxy groups -OCH3 is 1. The Morgan fingerprint density at radius 2 is 1.77 bits per heavy atom. The largest absolute Gasteiger partial charge is 0.465 e. The lowest BCUT2D eigenvalue weighted by Crippen LogP contribution is -2.32. The third-order valence-corrected chi connectivity index (χ3v) is 4.70. The van der Waals surface area contributed by atoms with Gasteiger partial charge in [0.15, 0.2) is 0 Å². The van der Waals surface area contributed by atoms with Crippen molar-refractivity contribution in [1.82, 2.24) is 0 Å². The lowest BCUT2D eigenvalue weighted by Gasteiger charge is -2.23. The van der Waals surface area contributed by atoms with Gasteiger partial charge in [-0.25, -0.2) is 9.69 Å². The van der Waals surface area contributed by atoms with Gasteiger partial charge < -0.3 is 4.74 Å². The zero-order chi connectivity index (χ0) is 19.0. The van der Waals surface area contributed by atoms with Crippen molar-refractivity contribution in [3.05, 3.63) is 64.2 Å². The minimum atomic E-state index is -0.627.